The van der Waals surface area contributed by atoms with Crippen LogP contribution >= 0.6 is 11.6 Å². The maximum Gasteiger partial charge on any atom is 0.119 e. The van der Waals surface area contributed by atoms with Gasteiger partial charge in [-0.2, -0.15) is 0 Å². The van der Waals surface area contributed by atoms with Crippen LogP contribution in [-0.4, -0.2) is 11.5 Å². The Kier molecular flexibility index (Phi) is 3.75. The van der Waals surface area contributed by atoms with E-state index in [1.807, 2.05) is 13.8 Å². The second-order valence-corrected chi connectivity index (χ2v) is 5.46. The van der Waals surface area contributed by atoms with Crippen molar-refractivity contribution in [2.75, 3.05) is 0 Å². The molecular formula is C14H19ClO. The lowest BCUT2D eigenvalue weighted by Gasteiger charge is -2.13. The molecule has 0 spiro atoms. The highest BCUT2D eigenvalue weighted by molar-refractivity contribution is 6.20. The third-order valence-corrected chi connectivity index (χ3v) is 3.49. The highest BCUT2D eigenvalue weighted by atomic mass is 35.5. The molecule has 88 valence electrons. The van der Waals surface area contributed by atoms with E-state index >= 15 is 0 Å². The van der Waals surface area contributed by atoms with Crippen LogP contribution in [0.1, 0.15) is 44.6 Å². The topological polar surface area (TPSA) is 9.23 Å². The Morgan fingerprint density at radius 3 is 2.38 bits per heavy atom. The molecule has 0 bridgehead atoms. The second kappa shape index (κ2) is 5.09. The molecule has 0 aliphatic heterocycles. The van der Waals surface area contributed by atoms with Crippen LogP contribution in [0.5, 0.6) is 5.75 Å². The Labute approximate surface area is 103 Å². The molecule has 1 nitrogen and oxygen atoms in total. The Morgan fingerprint density at radius 2 is 1.88 bits per heavy atom. The van der Waals surface area contributed by atoms with E-state index in [2.05, 4.69) is 24.3 Å². The number of ether oxygens (including phenoxy) is 1. The monoisotopic (exact) mass is 238 g/mol. The molecule has 2 unspecified atom stereocenters. The van der Waals surface area contributed by atoms with Gasteiger partial charge in [-0.15, -0.1) is 11.6 Å². The van der Waals surface area contributed by atoms with Crippen molar-refractivity contribution < 1.29 is 4.74 Å². The summed E-state index contributed by atoms with van der Waals surface area (Å²) in [6.07, 6.45) is 3.73. The van der Waals surface area contributed by atoms with Gasteiger partial charge < -0.3 is 4.74 Å². The third-order valence-electron chi connectivity index (χ3n) is 3.09. The van der Waals surface area contributed by atoms with Crippen molar-refractivity contribution in [3.05, 3.63) is 29.8 Å². The van der Waals surface area contributed by atoms with Crippen molar-refractivity contribution in [3.63, 3.8) is 0 Å². The fourth-order valence-electron chi connectivity index (χ4n) is 2.32. The molecule has 2 rings (SSSR count). The molecule has 0 radical (unpaired) electrons. The predicted octanol–water partition coefficient (Wildman–Crippen LogP) is 4.35. The number of hydrogen-bond donors (Lipinski definition) is 0. The molecule has 2 atom stereocenters. The third kappa shape index (κ3) is 2.91. The zero-order valence-electron chi connectivity index (χ0n) is 9.95. The molecule has 16 heavy (non-hydrogen) atoms. The summed E-state index contributed by atoms with van der Waals surface area (Å²) in [4.78, 5) is 0. The van der Waals surface area contributed by atoms with E-state index in [9.17, 15) is 0 Å². The fourth-order valence-corrected chi connectivity index (χ4v) is 2.66. The summed E-state index contributed by atoms with van der Waals surface area (Å²) in [6.45, 7) is 4.09. The molecule has 0 aromatic heterocycles. The SMILES string of the molecule is CC(C)Oc1ccc(C2CCC(Cl)C2)cc1. The summed E-state index contributed by atoms with van der Waals surface area (Å²) in [7, 11) is 0. The lowest BCUT2D eigenvalue weighted by Crippen LogP contribution is -2.05. The lowest BCUT2D eigenvalue weighted by atomic mass is 9.98. The lowest BCUT2D eigenvalue weighted by molar-refractivity contribution is 0.242. The van der Waals surface area contributed by atoms with Crippen molar-refractivity contribution in [2.45, 2.75) is 50.5 Å². The zero-order chi connectivity index (χ0) is 11.5. The molecule has 2 heteroatoms. The smallest absolute Gasteiger partial charge is 0.119 e. The van der Waals surface area contributed by atoms with Gasteiger partial charge in [-0.05, 0) is 56.7 Å². The number of benzene rings is 1. The van der Waals surface area contributed by atoms with Gasteiger partial charge in [0.15, 0.2) is 0 Å². The standard InChI is InChI=1S/C14H19ClO/c1-10(2)16-14-7-4-11(5-8-14)12-3-6-13(15)9-12/h4-5,7-8,10,12-13H,3,6,9H2,1-2H3. The summed E-state index contributed by atoms with van der Waals surface area (Å²) >= 11 is 6.13. The first-order chi connectivity index (χ1) is 7.65. The Morgan fingerprint density at radius 1 is 1.19 bits per heavy atom. The van der Waals surface area contributed by atoms with E-state index in [0.717, 1.165) is 18.6 Å². The second-order valence-electron chi connectivity index (χ2n) is 4.84. The van der Waals surface area contributed by atoms with Gasteiger partial charge in [-0.3, -0.25) is 0 Å². The van der Waals surface area contributed by atoms with Crippen LogP contribution in [0.15, 0.2) is 24.3 Å². The van der Waals surface area contributed by atoms with Gasteiger partial charge >= 0.3 is 0 Å². The number of rotatable bonds is 3. The Balaban J connectivity index is 2.02. The van der Waals surface area contributed by atoms with Gasteiger partial charge in [-0.1, -0.05) is 12.1 Å². The van der Waals surface area contributed by atoms with Gasteiger partial charge in [-0.25, -0.2) is 0 Å². The van der Waals surface area contributed by atoms with Crippen LogP contribution in [-0.2, 0) is 0 Å². The highest BCUT2D eigenvalue weighted by Crippen LogP contribution is 2.37. The largest absolute Gasteiger partial charge is 0.491 e. The summed E-state index contributed by atoms with van der Waals surface area (Å²) in [5, 5.41) is 0.372. The number of alkyl halides is 1. The van der Waals surface area contributed by atoms with Crippen molar-refractivity contribution in [2.24, 2.45) is 0 Å². The van der Waals surface area contributed by atoms with Crippen molar-refractivity contribution in [1.29, 1.82) is 0 Å². The van der Waals surface area contributed by atoms with Gasteiger partial charge in [0.05, 0.1) is 6.10 Å². The molecule has 0 saturated heterocycles. The van der Waals surface area contributed by atoms with E-state index in [1.54, 1.807) is 0 Å². The average Bonchev–Trinajstić information content (AvgIpc) is 2.65. The summed E-state index contributed by atoms with van der Waals surface area (Å²) < 4.78 is 5.63. The molecule has 0 amide bonds. The molecule has 1 saturated carbocycles. The quantitative estimate of drug-likeness (QED) is 0.712. The Hall–Kier alpha value is -0.690. The maximum absolute atomic E-state index is 6.13. The molecule has 0 N–H and O–H groups in total. The molecule has 1 aromatic rings. The first-order valence-electron chi connectivity index (χ1n) is 6.06. The first-order valence-corrected chi connectivity index (χ1v) is 6.49. The zero-order valence-corrected chi connectivity index (χ0v) is 10.7. The minimum atomic E-state index is 0.240. The van der Waals surface area contributed by atoms with Crippen LogP contribution in [0.4, 0.5) is 0 Å². The van der Waals surface area contributed by atoms with Crippen LogP contribution in [0.3, 0.4) is 0 Å². The van der Waals surface area contributed by atoms with Crippen LogP contribution in [0, 0.1) is 0 Å². The van der Waals surface area contributed by atoms with Gasteiger partial charge in [0.1, 0.15) is 5.75 Å². The van der Waals surface area contributed by atoms with Crippen LogP contribution in [0.2, 0.25) is 0 Å². The van der Waals surface area contributed by atoms with Crippen LogP contribution < -0.4 is 4.74 Å². The van der Waals surface area contributed by atoms with E-state index in [1.165, 1.54) is 12.0 Å². The minimum Gasteiger partial charge on any atom is -0.491 e. The summed E-state index contributed by atoms with van der Waals surface area (Å²) in [5.41, 5.74) is 1.40. The minimum absolute atomic E-state index is 0.240. The van der Waals surface area contributed by atoms with Gasteiger partial charge in [0.2, 0.25) is 0 Å². The van der Waals surface area contributed by atoms with E-state index in [-0.39, 0.29) is 6.10 Å². The van der Waals surface area contributed by atoms with Crippen LogP contribution in [0.25, 0.3) is 0 Å². The number of halogens is 1. The molecule has 1 aromatic carbocycles. The normalized spacial score (nSPS) is 25.0. The van der Waals surface area contributed by atoms with E-state index in [4.69, 9.17) is 16.3 Å². The average molecular weight is 239 g/mol. The van der Waals surface area contributed by atoms with E-state index < -0.39 is 0 Å². The summed E-state index contributed by atoms with van der Waals surface area (Å²) in [5.74, 6) is 1.61. The van der Waals surface area contributed by atoms with Gasteiger partial charge in [0.25, 0.3) is 0 Å². The maximum atomic E-state index is 6.13. The Bertz CT molecular complexity index is 331. The molecule has 0 heterocycles. The molecule has 1 aliphatic rings. The highest BCUT2D eigenvalue weighted by Gasteiger charge is 2.23. The molecular weight excluding hydrogens is 220 g/mol. The van der Waals surface area contributed by atoms with Gasteiger partial charge in [0, 0.05) is 5.38 Å². The van der Waals surface area contributed by atoms with Crippen molar-refractivity contribution in [1.82, 2.24) is 0 Å². The van der Waals surface area contributed by atoms with E-state index in [0.29, 0.717) is 11.3 Å². The first kappa shape index (κ1) is 11.8. The van der Waals surface area contributed by atoms with Crippen molar-refractivity contribution in [3.8, 4) is 5.75 Å². The van der Waals surface area contributed by atoms with Crippen molar-refractivity contribution >= 4 is 11.6 Å². The number of hydrogen-bond acceptors (Lipinski definition) is 1. The summed E-state index contributed by atoms with van der Waals surface area (Å²) in [6, 6.07) is 8.49. The predicted molar refractivity (Wildman–Crippen MR) is 68.4 cm³/mol. The molecule has 1 fully saturated rings. The fraction of sp³-hybridized carbons (Fsp3) is 0.571. The molecule has 1 aliphatic carbocycles.